The Balaban J connectivity index is 2.38. The lowest BCUT2D eigenvalue weighted by Gasteiger charge is -2.37. The Bertz CT molecular complexity index is 651. The summed E-state index contributed by atoms with van der Waals surface area (Å²) < 4.78 is 37.2. The van der Waals surface area contributed by atoms with E-state index in [-0.39, 0.29) is 23.5 Å². The first-order valence-corrected chi connectivity index (χ1v) is 7.82. The highest BCUT2D eigenvalue weighted by Crippen LogP contribution is 2.35. The van der Waals surface area contributed by atoms with Gasteiger partial charge in [0.25, 0.3) is 0 Å². The van der Waals surface area contributed by atoms with Gasteiger partial charge in [-0.05, 0) is 31.4 Å². The summed E-state index contributed by atoms with van der Waals surface area (Å²) in [7, 11) is -1.21. The second kappa shape index (κ2) is 5.53. The Morgan fingerprint density at radius 2 is 1.95 bits per heavy atom. The molecule has 0 unspecified atom stereocenters. The van der Waals surface area contributed by atoms with Crippen LogP contribution in [-0.2, 0) is 14.8 Å². The van der Waals surface area contributed by atoms with Crippen LogP contribution in [0.15, 0.2) is 23.1 Å². The fourth-order valence-corrected chi connectivity index (χ4v) is 3.77. The summed E-state index contributed by atoms with van der Waals surface area (Å²) in [5.74, 6) is -0.617. The number of benzene rings is 1. The first-order valence-electron chi connectivity index (χ1n) is 6.34. The van der Waals surface area contributed by atoms with Gasteiger partial charge in [-0.15, -0.1) is 0 Å². The molecule has 0 saturated heterocycles. The van der Waals surface area contributed by atoms with Crippen molar-refractivity contribution in [2.24, 2.45) is 0 Å². The van der Waals surface area contributed by atoms with E-state index >= 15 is 0 Å². The van der Waals surface area contributed by atoms with E-state index in [9.17, 15) is 18.3 Å². The van der Waals surface area contributed by atoms with E-state index in [1.807, 2.05) is 0 Å². The third kappa shape index (κ3) is 2.81. The number of aliphatic carboxylic acids is 1. The lowest BCUT2D eigenvalue weighted by molar-refractivity contribution is -0.147. The number of carboxylic acids is 1. The van der Waals surface area contributed by atoms with E-state index in [0.29, 0.717) is 12.2 Å². The normalized spacial score (nSPS) is 16.9. The first kappa shape index (κ1) is 15.6. The summed E-state index contributed by atoms with van der Waals surface area (Å²) in [6.07, 6.45) is 1.23. The highest BCUT2D eigenvalue weighted by molar-refractivity contribution is 7.89. The summed E-state index contributed by atoms with van der Waals surface area (Å²) in [6.45, 7) is 0. The molecule has 0 atom stereocenters. The van der Waals surface area contributed by atoms with Crippen molar-refractivity contribution in [3.8, 4) is 11.5 Å². The number of hydrogen-bond acceptors (Lipinski definition) is 5. The van der Waals surface area contributed by atoms with Gasteiger partial charge in [0.15, 0.2) is 0 Å². The van der Waals surface area contributed by atoms with Crippen LogP contribution >= 0.6 is 0 Å². The van der Waals surface area contributed by atoms with Crippen LogP contribution in [0.25, 0.3) is 0 Å². The monoisotopic (exact) mass is 315 g/mol. The molecule has 1 saturated carbocycles. The van der Waals surface area contributed by atoms with Gasteiger partial charge in [-0.3, -0.25) is 4.79 Å². The Hall–Kier alpha value is -1.80. The van der Waals surface area contributed by atoms with Crippen LogP contribution < -0.4 is 14.2 Å². The van der Waals surface area contributed by atoms with Gasteiger partial charge in [0, 0.05) is 6.07 Å². The molecule has 1 aliphatic rings. The molecular weight excluding hydrogens is 298 g/mol. The van der Waals surface area contributed by atoms with Crippen molar-refractivity contribution < 1.29 is 27.8 Å². The first-order chi connectivity index (χ1) is 9.84. The van der Waals surface area contributed by atoms with E-state index in [4.69, 9.17) is 9.47 Å². The minimum Gasteiger partial charge on any atom is -0.497 e. The van der Waals surface area contributed by atoms with Gasteiger partial charge in [-0.25, -0.2) is 8.42 Å². The van der Waals surface area contributed by atoms with Gasteiger partial charge < -0.3 is 14.6 Å². The molecule has 8 heteroatoms. The molecule has 0 radical (unpaired) electrons. The topological polar surface area (TPSA) is 102 Å². The number of carbonyl (C=O) groups is 1. The second-order valence-electron chi connectivity index (χ2n) is 4.86. The zero-order chi connectivity index (χ0) is 15.7. The Labute approximate surface area is 122 Å². The summed E-state index contributed by atoms with van der Waals surface area (Å²) in [6, 6.07) is 4.24. The molecule has 0 spiro atoms. The van der Waals surface area contributed by atoms with Gasteiger partial charge in [0.2, 0.25) is 10.0 Å². The molecule has 2 rings (SSSR count). The molecule has 0 heterocycles. The predicted molar refractivity (Wildman–Crippen MR) is 74.1 cm³/mol. The molecule has 0 aromatic heterocycles. The maximum atomic E-state index is 12.4. The van der Waals surface area contributed by atoms with E-state index < -0.39 is 21.5 Å². The van der Waals surface area contributed by atoms with Crippen LogP contribution in [0.5, 0.6) is 11.5 Å². The van der Waals surface area contributed by atoms with Crippen molar-refractivity contribution in [1.82, 2.24) is 4.72 Å². The molecule has 21 heavy (non-hydrogen) atoms. The molecule has 1 aliphatic carbocycles. The zero-order valence-electron chi connectivity index (χ0n) is 11.8. The average molecular weight is 315 g/mol. The molecule has 1 aromatic carbocycles. The van der Waals surface area contributed by atoms with Crippen LogP contribution in [-0.4, -0.2) is 39.3 Å². The third-order valence-corrected chi connectivity index (χ3v) is 5.18. The van der Waals surface area contributed by atoms with Gasteiger partial charge in [0.05, 0.1) is 14.2 Å². The van der Waals surface area contributed by atoms with Gasteiger partial charge in [-0.2, -0.15) is 4.72 Å². The van der Waals surface area contributed by atoms with Crippen LogP contribution in [0.4, 0.5) is 0 Å². The minimum absolute atomic E-state index is 0.0988. The maximum Gasteiger partial charge on any atom is 0.324 e. The van der Waals surface area contributed by atoms with Crippen LogP contribution in [0.2, 0.25) is 0 Å². The number of hydrogen-bond donors (Lipinski definition) is 2. The molecule has 2 N–H and O–H groups in total. The molecule has 0 bridgehead atoms. The smallest absolute Gasteiger partial charge is 0.324 e. The summed E-state index contributed by atoms with van der Waals surface area (Å²) in [5, 5.41) is 9.22. The largest absolute Gasteiger partial charge is 0.497 e. The summed E-state index contributed by atoms with van der Waals surface area (Å²) in [5.41, 5.74) is -1.41. The van der Waals surface area contributed by atoms with Gasteiger partial charge in [-0.1, -0.05) is 0 Å². The number of methoxy groups -OCH3 is 2. The average Bonchev–Trinajstić information content (AvgIpc) is 2.41. The summed E-state index contributed by atoms with van der Waals surface area (Å²) >= 11 is 0. The van der Waals surface area contributed by atoms with E-state index in [1.54, 1.807) is 0 Å². The SMILES string of the molecule is COc1ccc(S(=O)(=O)NC2(C(=O)O)CCC2)c(OC)c1. The molecular formula is C13H17NO6S. The fraction of sp³-hybridized carbons (Fsp3) is 0.462. The van der Waals surface area contributed by atoms with Gasteiger partial charge in [0.1, 0.15) is 21.9 Å². The van der Waals surface area contributed by atoms with Crippen LogP contribution in [0.1, 0.15) is 19.3 Å². The Morgan fingerprint density at radius 3 is 2.38 bits per heavy atom. The van der Waals surface area contributed by atoms with Crippen molar-refractivity contribution in [3.63, 3.8) is 0 Å². The highest BCUT2D eigenvalue weighted by atomic mass is 32.2. The number of nitrogens with one attached hydrogen (secondary N) is 1. The zero-order valence-corrected chi connectivity index (χ0v) is 12.6. The number of ether oxygens (including phenoxy) is 2. The third-order valence-electron chi connectivity index (χ3n) is 3.61. The second-order valence-corrected chi connectivity index (χ2v) is 6.51. The number of carboxylic acid groups (broad SMARTS) is 1. The Morgan fingerprint density at radius 1 is 1.29 bits per heavy atom. The highest BCUT2D eigenvalue weighted by Gasteiger charge is 2.48. The van der Waals surface area contributed by atoms with Crippen molar-refractivity contribution >= 4 is 16.0 Å². The maximum absolute atomic E-state index is 12.4. The lowest BCUT2D eigenvalue weighted by Crippen LogP contribution is -2.58. The van der Waals surface area contributed by atoms with Crippen molar-refractivity contribution in [2.45, 2.75) is 29.7 Å². The van der Waals surface area contributed by atoms with E-state index in [1.165, 1.54) is 32.4 Å². The van der Waals surface area contributed by atoms with Crippen LogP contribution in [0, 0.1) is 0 Å². The quantitative estimate of drug-likeness (QED) is 0.811. The summed E-state index contributed by atoms with van der Waals surface area (Å²) in [4.78, 5) is 11.2. The minimum atomic E-state index is -4.00. The molecule has 0 aliphatic heterocycles. The molecule has 7 nitrogen and oxygen atoms in total. The van der Waals surface area contributed by atoms with E-state index in [0.717, 1.165) is 0 Å². The lowest BCUT2D eigenvalue weighted by atomic mass is 9.78. The standard InChI is InChI=1S/C13H17NO6S/c1-19-9-4-5-11(10(8-9)20-2)21(17,18)14-13(12(15)16)6-3-7-13/h4-5,8,14H,3,6-7H2,1-2H3,(H,15,16). The van der Waals surface area contributed by atoms with Crippen molar-refractivity contribution in [1.29, 1.82) is 0 Å². The Kier molecular flexibility index (Phi) is 4.11. The fourth-order valence-electron chi connectivity index (χ4n) is 2.20. The van der Waals surface area contributed by atoms with Gasteiger partial charge >= 0.3 is 5.97 Å². The van der Waals surface area contributed by atoms with Crippen LogP contribution in [0.3, 0.4) is 0 Å². The molecule has 1 fully saturated rings. The van der Waals surface area contributed by atoms with E-state index in [2.05, 4.69) is 4.72 Å². The number of rotatable bonds is 6. The number of sulfonamides is 1. The predicted octanol–water partition coefficient (Wildman–Crippen LogP) is 0.989. The van der Waals surface area contributed by atoms with Crippen molar-refractivity contribution in [2.75, 3.05) is 14.2 Å². The molecule has 1 aromatic rings. The van der Waals surface area contributed by atoms with Crippen molar-refractivity contribution in [3.05, 3.63) is 18.2 Å². The molecule has 116 valence electrons. The molecule has 0 amide bonds.